The molecule has 1 heterocycles. The zero-order valence-corrected chi connectivity index (χ0v) is 10.8. The van der Waals surface area contributed by atoms with Gasteiger partial charge in [0.25, 0.3) is 0 Å². The molecule has 17 heavy (non-hydrogen) atoms. The highest BCUT2D eigenvalue weighted by atomic mass is 35.5. The van der Waals surface area contributed by atoms with Crippen LogP contribution in [0.15, 0.2) is 23.1 Å². The van der Waals surface area contributed by atoms with Crippen molar-refractivity contribution < 1.29 is 14.6 Å². The number of carbonyl (C=O) groups is 1. The summed E-state index contributed by atoms with van der Waals surface area (Å²) in [7, 11) is 0. The summed E-state index contributed by atoms with van der Waals surface area (Å²) in [6.45, 7) is 1.58. The lowest BCUT2D eigenvalue weighted by molar-refractivity contribution is 0.0696. The second kappa shape index (κ2) is 5.76. The number of aromatic carboxylic acids is 1. The largest absolute Gasteiger partial charge is 0.478 e. The van der Waals surface area contributed by atoms with Gasteiger partial charge in [-0.1, -0.05) is 11.6 Å². The van der Waals surface area contributed by atoms with E-state index in [1.807, 2.05) is 6.07 Å². The summed E-state index contributed by atoms with van der Waals surface area (Å²) in [5, 5.41) is 9.77. The fourth-order valence-electron chi connectivity index (χ4n) is 1.73. The van der Waals surface area contributed by atoms with Crippen LogP contribution in [-0.2, 0) is 4.74 Å². The van der Waals surface area contributed by atoms with E-state index in [1.165, 1.54) is 0 Å². The lowest BCUT2D eigenvalue weighted by Crippen LogP contribution is -2.17. The molecular formula is C12H13ClO3S. The van der Waals surface area contributed by atoms with Gasteiger partial charge in [0.15, 0.2) is 0 Å². The second-order valence-electron chi connectivity index (χ2n) is 3.88. The van der Waals surface area contributed by atoms with Gasteiger partial charge in [-0.3, -0.25) is 0 Å². The first-order chi connectivity index (χ1) is 8.16. The predicted molar refractivity (Wildman–Crippen MR) is 68.1 cm³/mol. The maximum Gasteiger partial charge on any atom is 0.337 e. The van der Waals surface area contributed by atoms with Crippen molar-refractivity contribution in [1.29, 1.82) is 0 Å². The maximum absolute atomic E-state index is 11.0. The zero-order chi connectivity index (χ0) is 12.3. The number of carboxylic acids is 1. The Bertz CT molecular complexity index is 416. The average Bonchev–Trinajstić information content (AvgIpc) is 2.32. The minimum atomic E-state index is -0.982. The van der Waals surface area contributed by atoms with E-state index in [0.717, 1.165) is 31.0 Å². The SMILES string of the molecule is O=C(O)c1cc(SC2CCOCC2)ccc1Cl. The Morgan fingerprint density at radius 2 is 2.12 bits per heavy atom. The molecule has 1 N–H and O–H groups in total. The first-order valence-corrected chi connectivity index (χ1v) is 6.70. The topological polar surface area (TPSA) is 46.5 Å². The van der Waals surface area contributed by atoms with Crippen LogP contribution >= 0.6 is 23.4 Å². The summed E-state index contributed by atoms with van der Waals surface area (Å²) >= 11 is 7.53. The summed E-state index contributed by atoms with van der Waals surface area (Å²) in [6.07, 6.45) is 2.02. The van der Waals surface area contributed by atoms with E-state index in [2.05, 4.69) is 0 Å². The molecule has 3 nitrogen and oxygen atoms in total. The van der Waals surface area contributed by atoms with Gasteiger partial charge in [0.05, 0.1) is 10.6 Å². The van der Waals surface area contributed by atoms with Crippen LogP contribution in [0.4, 0.5) is 0 Å². The van der Waals surface area contributed by atoms with Crippen molar-refractivity contribution in [1.82, 2.24) is 0 Å². The van der Waals surface area contributed by atoms with Crippen molar-refractivity contribution in [3.8, 4) is 0 Å². The number of benzene rings is 1. The van der Waals surface area contributed by atoms with Gasteiger partial charge in [-0.05, 0) is 31.0 Å². The van der Waals surface area contributed by atoms with Crippen molar-refractivity contribution in [2.24, 2.45) is 0 Å². The molecule has 0 atom stereocenters. The molecule has 0 saturated carbocycles. The third kappa shape index (κ3) is 3.37. The van der Waals surface area contributed by atoms with E-state index in [9.17, 15) is 4.79 Å². The lowest BCUT2D eigenvalue weighted by Gasteiger charge is -2.21. The molecule has 1 aliphatic rings. The first-order valence-electron chi connectivity index (χ1n) is 5.44. The van der Waals surface area contributed by atoms with E-state index < -0.39 is 5.97 Å². The zero-order valence-electron chi connectivity index (χ0n) is 9.19. The highest BCUT2D eigenvalue weighted by molar-refractivity contribution is 8.00. The van der Waals surface area contributed by atoms with Crippen molar-refractivity contribution in [2.45, 2.75) is 23.0 Å². The monoisotopic (exact) mass is 272 g/mol. The van der Waals surface area contributed by atoms with Crippen LogP contribution in [0.1, 0.15) is 23.2 Å². The van der Waals surface area contributed by atoms with Crippen LogP contribution in [0.3, 0.4) is 0 Å². The molecule has 0 aromatic heterocycles. The molecule has 1 fully saturated rings. The van der Waals surface area contributed by atoms with Crippen molar-refractivity contribution in [3.63, 3.8) is 0 Å². The van der Waals surface area contributed by atoms with Crippen molar-refractivity contribution in [2.75, 3.05) is 13.2 Å². The van der Waals surface area contributed by atoms with Gasteiger partial charge in [0.1, 0.15) is 0 Å². The molecule has 2 rings (SSSR count). The normalized spacial score (nSPS) is 17.0. The van der Waals surface area contributed by atoms with Crippen LogP contribution in [0, 0.1) is 0 Å². The molecule has 0 bridgehead atoms. The molecule has 92 valence electrons. The number of thioether (sulfide) groups is 1. The van der Waals surface area contributed by atoms with Gasteiger partial charge in [0.2, 0.25) is 0 Å². The van der Waals surface area contributed by atoms with Gasteiger partial charge in [-0.2, -0.15) is 0 Å². The Hall–Kier alpha value is -0.710. The van der Waals surface area contributed by atoms with E-state index in [0.29, 0.717) is 5.25 Å². The van der Waals surface area contributed by atoms with E-state index in [1.54, 1.807) is 23.9 Å². The molecule has 5 heteroatoms. The van der Waals surface area contributed by atoms with Crippen LogP contribution in [0.2, 0.25) is 5.02 Å². The number of hydrogen-bond acceptors (Lipinski definition) is 3. The Morgan fingerprint density at radius 1 is 1.41 bits per heavy atom. The molecule has 0 radical (unpaired) electrons. The van der Waals surface area contributed by atoms with Crippen LogP contribution in [0.25, 0.3) is 0 Å². The number of ether oxygens (including phenoxy) is 1. The Kier molecular flexibility index (Phi) is 4.31. The molecule has 1 saturated heterocycles. The summed E-state index contributed by atoms with van der Waals surface area (Å²) in [5.74, 6) is -0.982. The highest BCUT2D eigenvalue weighted by Crippen LogP contribution is 2.31. The second-order valence-corrected chi connectivity index (χ2v) is 5.66. The fraction of sp³-hybridized carbons (Fsp3) is 0.417. The third-order valence-electron chi connectivity index (χ3n) is 2.64. The number of carboxylic acid groups (broad SMARTS) is 1. The smallest absolute Gasteiger partial charge is 0.337 e. The van der Waals surface area contributed by atoms with Gasteiger partial charge in [0, 0.05) is 23.4 Å². The van der Waals surface area contributed by atoms with Crippen molar-refractivity contribution in [3.05, 3.63) is 28.8 Å². The minimum absolute atomic E-state index is 0.170. The van der Waals surface area contributed by atoms with Gasteiger partial charge >= 0.3 is 5.97 Å². The molecule has 0 amide bonds. The highest BCUT2D eigenvalue weighted by Gasteiger charge is 2.16. The Labute approximate surface area is 109 Å². The average molecular weight is 273 g/mol. The standard InChI is InChI=1S/C12H13ClO3S/c13-11-2-1-9(7-10(11)12(14)15)17-8-3-5-16-6-4-8/h1-2,7-8H,3-6H2,(H,14,15). The quantitative estimate of drug-likeness (QED) is 0.917. The van der Waals surface area contributed by atoms with Crippen LogP contribution in [0.5, 0.6) is 0 Å². The molecule has 1 aromatic rings. The Balaban J connectivity index is 2.10. The summed E-state index contributed by atoms with van der Waals surface area (Å²) in [4.78, 5) is 11.9. The molecule has 1 aromatic carbocycles. The summed E-state index contributed by atoms with van der Waals surface area (Å²) in [6, 6.07) is 5.16. The van der Waals surface area contributed by atoms with Gasteiger partial charge < -0.3 is 9.84 Å². The van der Waals surface area contributed by atoms with Gasteiger partial charge in [-0.15, -0.1) is 11.8 Å². The van der Waals surface area contributed by atoms with E-state index in [-0.39, 0.29) is 10.6 Å². The number of halogens is 1. The maximum atomic E-state index is 11.0. The number of hydrogen-bond donors (Lipinski definition) is 1. The van der Waals surface area contributed by atoms with E-state index in [4.69, 9.17) is 21.4 Å². The molecular weight excluding hydrogens is 260 g/mol. The number of rotatable bonds is 3. The minimum Gasteiger partial charge on any atom is -0.478 e. The summed E-state index contributed by atoms with van der Waals surface area (Å²) < 4.78 is 5.29. The third-order valence-corrected chi connectivity index (χ3v) is 4.30. The molecule has 1 aliphatic heterocycles. The Morgan fingerprint density at radius 3 is 2.76 bits per heavy atom. The predicted octanol–water partition coefficient (Wildman–Crippen LogP) is 3.31. The molecule has 0 aliphatic carbocycles. The lowest BCUT2D eigenvalue weighted by atomic mass is 10.2. The summed E-state index contributed by atoms with van der Waals surface area (Å²) in [5.41, 5.74) is 0.170. The van der Waals surface area contributed by atoms with Crippen molar-refractivity contribution >= 4 is 29.3 Å². The molecule has 0 unspecified atom stereocenters. The van der Waals surface area contributed by atoms with E-state index >= 15 is 0 Å². The molecule has 0 spiro atoms. The first kappa shape index (κ1) is 12.7. The van der Waals surface area contributed by atoms with Gasteiger partial charge in [-0.25, -0.2) is 4.79 Å². The van der Waals surface area contributed by atoms with Crippen LogP contribution in [-0.4, -0.2) is 29.5 Å². The fourth-order valence-corrected chi connectivity index (χ4v) is 3.07. The van der Waals surface area contributed by atoms with Crippen LogP contribution < -0.4 is 0 Å².